The smallest absolute Gasteiger partial charge is 0.304 e. The molecule has 33 heavy (non-hydrogen) atoms. The highest BCUT2D eigenvalue weighted by Crippen LogP contribution is 2.34. The number of nitrogens with zero attached hydrogens (tertiary/aromatic N) is 3. The first kappa shape index (κ1) is 22.1. The molecule has 0 bridgehead atoms. The van der Waals surface area contributed by atoms with Crippen molar-refractivity contribution in [1.29, 1.82) is 0 Å². The number of hydrogen-bond acceptors (Lipinski definition) is 3. The molecule has 3 aromatic rings. The van der Waals surface area contributed by atoms with Crippen molar-refractivity contribution in [2.24, 2.45) is 0 Å². The van der Waals surface area contributed by atoms with Crippen LogP contribution in [0.1, 0.15) is 31.4 Å². The van der Waals surface area contributed by atoms with Crippen LogP contribution in [0.15, 0.2) is 54.7 Å². The Hall–Kier alpha value is -2.68. The third-order valence-corrected chi connectivity index (χ3v) is 8.74. The van der Waals surface area contributed by atoms with E-state index in [0.717, 1.165) is 41.7 Å². The maximum Gasteiger partial charge on any atom is 0.304 e. The number of halogens is 1. The monoisotopic (exact) mass is 468 g/mol. The lowest BCUT2D eigenvalue weighted by atomic mass is 9.99. The van der Waals surface area contributed by atoms with Crippen LogP contribution in [-0.2, 0) is 16.8 Å². The highest BCUT2D eigenvalue weighted by Gasteiger charge is 2.37. The molecular formula is C25H29FN4O2S. The molecular weight excluding hydrogens is 439 g/mol. The van der Waals surface area contributed by atoms with E-state index in [-0.39, 0.29) is 11.9 Å². The predicted octanol–water partition coefficient (Wildman–Crippen LogP) is 4.37. The van der Waals surface area contributed by atoms with Gasteiger partial charge in [0.1, 0.15) is 5.82 Å². The third-order valence-electron chi connectivity index (χ3n) is 6.66. The van der Waals surface area contributed by atoms with E-state index in [4.69, 9.17) is 0 Å². The van der Waals surface area contributed by atoms with E-state index in [0.29, 0.717) is 25.2 Å². The van der Waals surface area contributed by atoms with Gasteiger partial charge in [-0.1, -0.05) is 36.4 Å². The molecule has 0 saturated heterocycles. The number of para-hydroxylation sites is 2. The lowest BCUT2D eigenvalue weighted by molar-refractivity contribution is 0.305. The Bertz CT molecular complexity index is 1310. The molecule has 0 saturated carbocycles. The first-order valence-corrected chi connectivity index (χ1v) is 12.8. The molecule has 1 N–H and O–H groups in total. The maximum atomic E-state index is 14.0. The molecule has 0 fully saturated rings. The number of fused-ring (bicyclic) bond motifs is 2. The zero-order valence-electron chi connectivity index (χ0n) is 19.0. The third kappa shape index (κ3) is 3.96. The highest BCUT2D eigenvalue weighted by molar-refractivity contribution is 7.90. The standard InChI is InChI=1S/C25H29FN4O2S/c1-18(2)30-17-20-6-3-4-9-24(20)29(33(30,31)32)15-14-28-12-10-19(11-13-28)22-16-27-25-21(22)7-5-8-23(25)26/h3-10,16,18,27H,11-15,17H2,1-2H3. The molecule has 0 spiro atoms. The van der Waals surface area contributed by atoms with Crippen molar-refractivity contribution in [3.63, 3.8) is 0 Å². The van der Waals surface area contributed by atoms with Crippen LogP contribution < -0.4 is 4.31 Å². The molecule has 0 aliphatic carbocycles. The minimum atomic E-state index is -3.57. The fraction of sp³-hybridized carbons (Fsp3) is 0.360. The summed E-state index contributed by atoms with van der Waals surface area (Å²) in [6.45, 7) is 6.86. The summed E-state index contributed by atoms with van der Waals surface area (Å²) in [6, 6.07) is 12.8. The van der Waals surface area contributed by atoms with Crippen molar-refractivity contribution >= 4 is 32.4 Å². The number of anilines is 1. The molecule has 0 unspecified atom stereocenters. The number of benzene rings is 2. The average Bonchev–Trinajstić information content (AvgIpc) is 3.23. The summed E-state index contributed by atoms with van der Waals surface area (Å²) >= 11 is 0. The van der Waals surface area contributed by atoms with Crippen LogP contribution >= 0.6 is 0 Å². The lowest BCUT2D eigenvalue weighted by Crippen LogP contribution is -2.52. The zero-order valence-corrected chi connectivity index (χ0v) is 19.8. The van der Waals surface area contributed by atoms with Crippen LogP contribution in [0.2, 0.25) is 0 Å². The van der Waals surface area contributed by atoms with E-state index < -0.39 is 10.2 Å². The van der Waals surface area contributed by atoms with Gasteiger partial charge in [0.15, 0.2) is 0 Å². The molecule has 0 atom stereocenters. The van der Waals surface area contributed by atoms with Crippen LogP contribution in [-0.4, -0.2) is 54.8 Å². The van der Waals surface area contributed by atoms with Gasteiger partial charge in [-0.05, 0) is 43.5 Å². The lowest BCUT2D eigenvalue weighted by Gasteiger charge is -2.40. The van der Waals surface area contributed by atoms with E-state index in [1.807, 2.05) is 50.4 Å². The number of aromatic amines is 1. The fourth-order valence-corrected chi connectivity index (χ4v) is 6.67. The summed E-state index contributed by atoms with van der Waals surface area (Å²) in [5, 5.41) is 0.902. The Morgan fingerprint density at radius 1 is 1.09 bits per heavy atom. The Balaban J connectivity index is 1.32. The van der Waals surface area contributed by atoms with Gasteiger partial charge < -0.3 is 4.98 Å². The maximum absolute atomic E-state index is 14.0. The number of H-pyrrole nitrogens is 1. The minimum absolute atomic E-state index is 0.104. The molecule has 1 aromatic heterocycles. The Morgan fingerprint density at radius 2 is 1.91 bits per heavy atom. The van der Waals surface area contributed by atoms with Crippen molar-refractivity contribution in [3.05, 3.63) is 71.7 Å². The molecule has 0 amide bonds. The van der Waals surface area contributed by atoms with Gasteiger partial charge in [0.25, 0.3) is 0 Å². The molecule has 3 heterocycles. The van der Waals surface area contributed by atoms with Crippen LogP contribution in [0, 0.1) is 5.82 Å². The Kier molecular flexibility index (Phi) is 5.76. The van der Waals surface area contributed by atoms with E-state index in [2.05, 4.69) is 16.0 Å². The topological polar surface area (TPSA) is 59.6 Å². The second kappa shape index (κ2) is 8.59. The molecule has 5 rings (SSSR count). The zero-order chi connectivity index (χ0) is 23.2. The van der Waals surface area contributed by atoms with Gasteiger partial charge in [-0.3, -0.25) is 9.21 Å². The van der Waals surface area contributed by atoms with E-state index >= 15 is 0 Å². The second-order valence-corrected chi connectivity index (χ2v) is 10.8. The van der Waals surface area contributed by atoms with Crippen LogP contribution in [0.4, 0.5) is 10.1 Å². The quantitative estimate of drug-likeness (QED) is 0.605. The van der Waals surface area contributed by atoms with Gasteiger partial charge in [-0.2, -0.15) is 12.7 Å². The molecule has 2 aliphatic heterocycles. The summed E-state index contributed by atoms with van der Waals surface area (Å²) in [7, 11) is -3.57. The summed E-state index contributed by atoms with van der Waals surface area (Å²) in [6.07, 6.45) is 4.90. The number of rotatable bonds is 5. The van der Waals surface area contributed by atoms with Crippen molar-refractivity contribution in [1.82, 2.24) is 14.2 Å². The largest absolute Gasteiger partial charge is 0.358 e. The van der Waals surface area contributed by atoms with Crippen molar-refractivity contribution in [2.45, 2.75) is 32.9 Å². The predicted molar refractivity (Wildman–Crippen MR) is 131 cm³/mol. The van der Waals surface area contributed by atoms with Gasteiger partial charge in [0, 0.05) is 55.9 Å². The van der Waals surface area contributed by atoms with Crippen LogP contribution in [0.25, 0.3) is 16.5 Å². The number of hydrogen-bond donors (Lipinski definition) is 1. The van der Waals surface area contributed by atoms with Gasteiger partial charge in [-0.15, -0.1) is 0 Å². The van der Waals surface area contributed by atoms with Crippen LogP contribution in [0.3, 0.4) is 0 Å². The number of aromatic nitrogens is 1. The molecule has 8 heteroatoms. The Labute approximate surface area is 194 Å². The highest BCUT2D eigenvalue weighted by atomic mass is 32.2. The number of nitrogens with one attached hydrogen (secondary N) is 1. The van der Waals surface area contributed by atoms with Crippen LogP contribution in [0.5, 0.6) is 0 Å². The second-order valence-electron chi connectivity index (χ2n) is 8.99. The summed E-state index contributed by atoms with van der Waals surface area (Å²) in [5.74, 6) is -0.241. The molecule has 2 aliphatic rings. The Morgan fingerprint density at radius 3 is 2.67 bits per heavy atom. The van der Waals surface area contributed by atoms with E-state index in [1.165, 1.54) is 11.6 Å². The van der Waals surface area contributed by atoms with Gasteiger partial charge >= 0.3 is 10.2 Å². The normalized spacial score (nSPS) is 19.2. The molecule has 174 valence electrons. The van der Waals surface area contributed by atoms with E-state index in [9.17, 15) is 12.8 Å². The summed E-state index contributed by atoms with van der Waals surface area (Å²) < 4.78 is 43.8. The van der Waals surface area contributed by atoms with E-state index in [1.54, 1.807) is 14.7 Å². The first-order chi connectivity index (χ1) is 15.9. The average molecular weight is 469 g/mol. The van der Waals surface area contributed by atoms with Gasteiger partial charge in [-0.25, -0.2) is 4.39 Å². The summed E-state index contributed by atoms with van der Waals surface area (Å²) in [4.78, 5) is 5.33. The van der Waals surface area contributed by atoms with Crippen molar-refractivity contribution in [3.8, 4) is 0 Å². The fourth-order valence-electron chi connectivity index (χ4n) is 4.85. The van der Waals surface area contributed by atoms with Gasteiger partial charge in [0.05, 0.1) is 11.2 Å². The molecule has 0 radical (unpaired) electrons. The SMILES string of the molecule is CC(C)N1Cc2ccccc2N(CCN2CC=C(c3c[nH]c4c(F)cccc34)CC2)S1(=O)=O. The van der Waals surface area contributed by atoms with Crippen molar-refractivity contribution in [2.75, 3.05) is 30.5 Å². The van der Waals surface area contributed by atoms with Gasteiger partial charge in [0.2, 0.25) is 0 Å². The van der Waals surface area contributed by atoms with Crippen molar-refractivity contribution < 1.29 is 12.8 Å². The minimum Gasteiger partial charge on any atom is -0.358 e. The molecule has 2 aromatic carbocycles. The molecule has 6 nitrogen and oxygen atoms in total. The first-order valence-electron chi connectivity index (χ1n) is 11.4. The summed E-state index contributed by atoms with van der Waals surface area (Å²) in [5.41, 5.74) is 4.60.